The lowest BCUT2D eigenvalue weighted by atomic mass is 10.1. The van der Waals surface area contributed by atoms with Crippen molar-refractivity contribution in [2.24, 2.45) is 0 Å². The SMILES string of the molecule is O=[N+]([O-])c1ccccc1-c1cc(Cl)nc(-c2ccccc2)n1. The molecular formula is C16H10ClN3O2. The number of nitro groups is 1. The van der Waals surface area contributed by atoms with Crippen LogP contribution in [0.2, 0.25) is 5.15 Å². The van der Waals surface area contributed by atoms with Crippen molar-refractivity contribution >= 4 is 17.3 Å². The van der Waals surface area contributed by atoms with Gasteiger partial charge >= 0.3 is 0 Å². The van der Waals surface area contributed by atoms with Gasteiger partial charge in [0.25, 0.3) is 5.69 Å². The summed E-state index contributed by atoms with van der Waals surface area (Å²) in [6.07, 6.45) is 0. The Balaban J connectivity index is 2.17. The molecule has 0 amide bonds. The maximum atomic E-state index is 11.2. The van der Waals surface area contributed by atoms with Gasteiger partial charge in [-0.3, -0.25) is 10.1 Å². The molecule has 0 aliphatic rings. The van der Waals surface area contributed by atoms with Crippen molar-refractivity contribution in [1.29, 1.82) is 0 Å². The van der Waals surface area contributed by atoms with Gasteiger partial charge in [-0.2, -0.15) is 0 Å². The lowest BCUT2D eigenvalue weighted by Crippen LogP contribution is -1.96. The molecule has 5 nitrogen and oxygen atoms in total. The Bertz CT molecular complexity index is 838. The number of benzene rings is 2. The zero-order valence-corrected chi connectivity index (χ0v) is 12.1. The standard InChI is InChI=1S/C16H10ClN3O2/c17-15-10-13(12-8-4-5-9-14(12)20(21)22)18-16(19-15)11-6-2-1-3-7-11/h1-10H. The van der Waals surface area contributed by atoms with Gasteiger partial charge in [-0.05, 0) is 6.07 Å². The summed E-state index contributed by atoms with van der Waals surface area (Å²) in [5.41, 5.74) is 1.61. The van der Waals surface area contributed by atoms with Crippen LogP contribution in [-0.4, -0.2) is 14.9 Å². The fourth-order valence-corrected chi connectivity index (χ4v) is 2.30. The summed E-state index contributed by atoms with van der Waals surface area (Å²) in [6, 6.07) is 17.3. The summed E-state index contributed by atoms with van der Waals surface area (Å²) in [5.74, 6) is 0.432. The average Bonchev–Trinajstić information content (AvgIpc) is 2.55. The molecule has 1 heterocycles. The zero-order chi connectivity index (χ0) is 15.5. The lowest BCUT2D eigenvalue weighted by molar-refractivity contribution is -0.384. The monoisotopic (exact) mass is 311 g/mol. The number of hydrogen-bond acceptors (Lipinski definition) is 4. The van der Waals surface area contributed by atoms with Crippen molar-refractivity contribution in [3.05, 3.63) is 75.9 Å². The summed E-state index contributed by atoms with van der Waals surface area (Å²) < 4.78 is 0. The minimum atomic E-state index is -0.437. The van der Waals surface area contributed by atoms with E-state index in [0.717, 1.165) is 5.56 Å². The van der Waals surface area contributed by atoms with Gasteiger partial charge in [-0.15, -0.1) is 0 Å². The number of halogens is 1. The molecule has 22 heavy (non-hydrogen) atoms. The van der Waals surface area contributed by atoms with E-state index >= 15 is 0 Å². The largest absolute Gasteiger partial charge is 0.278 e. The highest BCUT2D eigenvalue weighted by Crippen LogP contribution is 2.30. The normalized spacial score (nSPS) is 10.4. The first-order chi connectivity index (χ1) is 10.6. The van der Waals surface area contributed by atoms with Crippen LogP contribution in [0.15, 0.2) is 60.7 Å². The molecule has 0 spiro atoms. The van der Waals surface area contributed by atoms with Gasteiger partial charge < -0.3 is 0 Å². The Morgan fingerprint density at radius 2 is 1.64 bits per heavy atom. The van der Waals surface area contributed by atoms with Gasteiger partial charge in [-0.1, -0.05) is 54.1 Å². The second-order valence-electron chi connectivity index (χ2n) is 4.54. The van der Waals surface area contributed by atoms with Crippen molar-refractivity contribution in [2.75, 3.05) is 0 Å². The third kappa shape index (κ3) is 2.80. The van der Waals surface area contributed by atoms with E-state index in [-0.39, 0.29) is 10.8 Å². The molecule has 3 rings (SSSR count). The highest BCUT2D eigenvalue weighted by Gasteiger charge is 2.17. The first-order valence-electron chi connectivity index (χ1n) is 6.49. The number of hydrogen-bond donors (Lipinski definition) is 0. The van der Waals surface area contributed by atoms with E-state index in [1.165, 1.54) is 12.1 Å². The molecule has 0 aliphatic heterocycles. The Morgan fingerprint density at radius 3 is 2.36 bits per heavy atom. The minimum absolute atomic E-state index is 0.0173. The molecular weight excluding hydrogens is 302 g/mol. The highest BCUT2D eigenvalue weighted by molar-refractivity contribution is 6.29. The van der Waals surface area contributed by atoms with Gasteiger partial charge in [0.05, 0.1) is 16.2 Å². The summed E-state index contributed by atoms with van der Waals surface area (Å²) in [5, 5.41) is 11.4. The van der Waals surface area contributed by atoms with E-state index in [9.17, 15) is 10.1 Å². The molecule has 6 heteroatoms. The Kier molecular flexibility index (Phi) is 3.80. The molecule has 0 saturated heterocycles. The molecule has 0 bridgehead atoms. The van der Waals surface area contributed by atoms with Gasteiger partial charge in [0.15, 0.2) is 5.82 Å². The van der Waals surface area contributed by atoms with Crippen LogP contribution in [0.3, 0.4) is 0 Å². The van der Waals surface area contributed by atoms with Gasteiger partial charge in [0.1, 0.15) is 5.15 Å². The molecule has 108 valence electrons. The van der Waals surface area contributed by atoms with E-state index in [2.05, 4.69) is 9.97 Å². The van der Waals surface area contributed by atoms with Gasteiger partial charge in [0, 0.05) is 17.7 Å². The molecule has 0 fully saturated rings. The third-order valence-electron chi connectivity index (χ3n) is 3.10. The number of aromatic nitrogens is 2. The topological polar surface area (TPSA) is 68.9 Å². The molecule has 0 aliphatic carbocycles. The number of para-hydroxylation sites is 1. The van der Waals surface area contributed by atoms with Crippen LogP contribution < -0.4 is 0 Å². The Hall–Kier alpha value is -2.79. The van der Waals surface area contributed by atoms with Crippen LogP contribution in [0.5, 0.6) is 0 Å². The van der Waals surface area contributed by atoms with Crippen LogP contribution in [0, 0.1) is 10.1 Å². The average molecular weight is 312 g/mol. The van der Waals surface area contributed by atoms with Crippen LogP contribution >= 0.6 is 11.6 Å². The maximum Gasteiger partial charge on any atom is 0.278 e. The van der Waals surface area contributed by atoms with E-state index in [4.69, 9.17) is 11.6 Å². The van der Waals surface area contributed by atoms with E-state index in [1.54, 1.807) is 18.2 Å². The highest BCUT2D eigenvalue weighted by atomic mass is 35.5. The quantitative estimate of drug-likeness (QED) is 0.409. The molecule has 3 aromatic rings. The van der Waals surface area contributed by atoms with Crippen molar-refractivity contribution < 1.29 is 4.92 Å². The van der Waals surface area contributed by atoms with Crippen LogP contribution in [0.25, 0.3) is 22.6 Å². The van der Waals surface area contributed by atoms with Crippen molar-refractivity contribution in [2.45, 2.75) is 0 Å². The molecule has 0 saturated carbocycles. The second-order valence-corrected chi connectivity index (χ2v) is 4.93. The van der Waals surface area contributed by atoms with Crippen LogP contribution in [0.4, 0.5) is 5.69 Å². The van der Waals surface area contributed by atoms with Crippen LogP contribution in [-0.2, 0) is 0 Å². The van der Waals surface area contributed by atoms with Gasteiger partial charge in [-0.25, -0.2) is 9.97 Å². The lowest BCUT2D eigenvalue weighted by Gasteiger charge is -2.06. The molecule has 2 aromatic carbocycles. The van der Waals surface area contributed by atoms with Crippen LogP contribution in [0.1, 0.15) is 0 Å². The first kappa shape index (κ1) is 14.2. The third-order valence-corrected chi connectivity index (χ3v) is 3.30. The Morgan fingerprint density at radius 1 is 0.955 bits per heavy atom. The fraction of sp³-hybridized carbons (Fsp3) is 0. The maximum absolute atomic E-state index is 11.2. The number of nitrogens with zero attached hydrogens (tertiary/aromatic N) is 3. The smallest absolute Gasteiger partial charge is 0.258 e. The molecule has 0 N–H and O–H groups in total. The van der Waals surface area contributed by atoms with E-state index in [1.807, 2.05) is 30.3 Å². The summed E-state index contributed by atoms with van der Waals surface area (Å²) in [6.45, 7) is 0. The van der Waals surface area contributed by atoms with Gasteiger partial charge in [0.2, 0.25) is 0 Å². The zero-order valence-electron chi connectivity index (χ0n) is 11.3. The predicted molar refractivity (Wildman–Crippen MR) is 84.6 cm³/mol. The summed E-state index contributed by atoms with van der Waals surface area (Å²) in [4.78, 5) is 19.3. The molecule has 1 aromatic heterocycles. The first-order valence-corrected chi connectivity index (χ1v) is 6.87. The van der Waals surface area contributed by atoms with E-state index in [0.29, 0.717) is 17.1 Å². The van der Waals surface area contributed by atoms with E-state index < -0.39 is 4.92 Å². The molecule has 0 radical (unpaired) electrons. The molecule has 0 atom stereocenters. The second kappa shape index (κ2) is 5.91. The number of nitro benzene ring substituents is 1. The fourth-order valence-electron chi connectivity index (χ4n) is 2.12. The summed E-state index contributed by atoms with van der Waals surface area (Å²) >= 11 is 6.06. The van der Waals surface area contributed by atoms with Crippen molar-refractivity contribution in [3.63, 3.8) is 0 Å². The van der Waals surface area contributed by atoms with Crippen molar-refractivity contribution in [1.82, 2.24) is 9.97 Å². The minimum Gasteiger partial charge on any atom is -0.258 e. The summed E-state index contributed by atoms with van der Waals surface area (Å²) in [7, 11) is 0. The molecule has 0 unspecified atom stereocenters. The predicted octanol–water partition coefficient (Wildman–Crippen LogP) is 4.37. The number of rotatable bonds is 3. The Labute approximate surface area is 131 Å². The van der Waals surface area contributed by atoms with Crippen molar-refractivity contribution in [3.8, 4) is 22.6 Å².